The van der Waals surface area contributed by atoms with Crippen LogP contribution in [0.15, 0.2) is 0 Å². The first-order valence-electron chi connectivity index (χ1n) is 8.39. The highest BCUT2D eigenvalue weighted by Gasteiger charge is 2.71. The zero-order valence-corrected chi connectivity index (χ0v) is 13.7. The lowest BCUT2D eigenvalue weighted by atomic mass is 9.57. The first-order valence-corrected chi connectivity index (χ1v) is 8.39. The number of unbranched alkanes of at least 4 members (excludes halogenated alkanes) is 2. The Kier molecular flexibility index (Phi) is 4.53. The lowest BCUT2D eigenvalue weighted by molar-refractivity contribution is -0.138. The summed E-state index contributed by atoms with van der Waals surface area (Å²) in [7, 11) is 0. The number of carbonyl (C=O) groups is 1. The van der Waals surface area contributed by atoms with Gasteiger partial charge in [-0.2, -0.15) is 0 Å². The van der Waals surface area contributed by atoms with Gasteiger partial charge in [0.15, 0.2) is 5.78 Å². The molecule has 114 valence electrons. The summed E-state index contributed by atoms with van der Waals surface area (Å²) in [5, 5.41) is 10.1. The summed E-state index contributed by atoms with van der Waals surface area (Å²) in [6, 6.07) is 0. The van der Waals surface area contributed by atoms with Gasteiger partial charge < -0.3 is 5.11 Å². The van der Waals surface area contributed by atoms with E-state index in [2.05, 4.69) is 27.7 Å². The largest absolute Gasteiger partial charge is 0.396 e. The Balaban J connectivity index is 2.32. The molecule has 2 aliphatic carbocycles. The molecule has 2 saturated carbocycles. The second kappa shape index (κ2) is 5.71. The summed E-state index contributed by atoms with van der Waals surface area (Å²) in [6.07, 6.45) is 7.27. The summed E-state index contributed by atoms with van der Waals surface area (Å²) >= 11 is 0. The molecule has 2 rings (SSSR count). The minimum absolute atomic E-state index is 0.152. The molecule has 0 aliphatic heterocycles. The summed E-state index contributed by atoms with van der Waals surface area (Å²) in [5.41, 5.74) is -0.495. The van der Waals surface area contributed by atoms with Gasteiger partial charge in [-0.1, -0.05) is 40.0 Å². The maximum absolute atomic E-state index is 12.8. The van der Waals surface area contributed by atoms with E-state index in [1.54, 1.807) is 0 Å². The molecular weight excluding hydrogens is 248 g/mol. The van der Waals surface area contributed by atoms with E-state index in [-0.39, 0.29) is 17.4 Å². The van der Waals surface area contributed by atoms with Crippen molar-refractivity contribution in [3.05, 3.63) is 5.92 Å². The number of carbonyl (C=O) groups excluding carboxylic acids is 1. The van der Waals surface area contributed by atoms with Crippen molar-refractivity contribution in [3.63, 3.8) is 0 Å². The number of fused-ring (bicyclic) bond motifs is 1. The molecule has 20 heavy (non-hydrogen) atoms. The molecule has 3 unspecified atom stereocenters. The third-order valence-electron chi connectivity index (χ3n) is 6.32. The predicted molar refractivity (Wildman–Crippen MR) is 82.2 cm³/mol. The van der Waals surface area contributed by atoms with Crippen molar-refractivity contribution in [3.8, 4) is 0 Å². The molecular formula is C18H31O2+. The maximum Gasteiger partial charge on any atom is 0.188 e. The molecule has 4 atom stereocenters. The number of hydrogen-bond donors (Lipinski definition) is 1. The van der Waals surface area contributed by atoms with Crippen LogP contribution >= 0.6 is 0 Å². The van der Waals surface area contributed by atoms with E-state index in [9.17, 15) is 9.90 Å². The first-order chi connectivity index (χ1) is 9.43. The normalized spacial score (nSPS) is 36.2. The Bertz CT molecular complexity index is 364. The fourth-order valence-electron chi connectivity index (χ4n) is 5.23. The molecule has 1 N–H and O–H groups in total. The van der Waals surface area contributed by atoms with Gasteiger partial charge in [-0.05, 0) is 19.3 Å². The van der Waals surface area contributed by atoms with E-state index < -0.39 is 0 Å². The van der Waals surface area contributed by atoms with Gasteiger partial charge in [0.25, 0.3) is 0 Å². The molecule has 0 spiro atoms. The van der Waals surface area contributed by atoms with Crippen molar-refractivity contribution < 1.29 is 9.90 Å². The number of Topliss-reactive ketones (excluding diaryl/α,β-unsaturated/α-hetero) is 1. The van der Waals surface area contributed by atoms with Gasteiger partial charge in [-0.3, -0.25) is 4.79 Å². The maximum atomic E-state index is 12.8. The summed E-state index contributed by atoms with van der Waals surface area (Å²) in [5.74, 6) is 2.79. The van der Waals surface area contributed by atoms with E-state index in [4.69, 9.17) is 0 Å². The van der Waals surface area contributed by atoms with Gasteiger partial charge in [0.1, 0.15) is 12.3 Å². The molecule has 0 aromatic carbocycles. The topological polar surface area (TPSA) is 37.3 Å². The van der Waals surface area contributed by atoms with E-state index in [1.807, 2.05) is 0 Å². The zero-order chi connectivity index (χ0) is 15.0. The highest BCUT2D eigenvalue weighted by Crippen LogP contribution is 2.66. The molecule has 0 radical (unpaired) electrons. The monoisotopic (exact) mass is 279 g/mol. The van der Waals surface area contributed by atoms with Gasteiger partial charge >= 0.3 is 0 Å². The molecule has 2 fully saturated rings. The Hall–Kier alpha value is -0.500. The minimum Gasteiger partial charge on any atom is -0.396 e. The van der Waals surface area contributed by atoms with Crippen LogP contribution in [0.1, 0.15) is 72.6 Å². The van der Waals surface area contributed by atoms with Crippen LogP contribution in [0.5, 0.6) is 0 Å². The van der Waals surface area contributed by atoms with Crippen LogP contribution in [0.2, 0.25) is 0 Å². The van der Waals surface area contributed by atoms with E-state index in [0.717, 1.165) is 25.7 Å². The molecule has 2 nitrogen and oxygen atoms in total. The summed E-state index contributed by atoms with van der Waals surface area (Å²) in [6.45, 7) is 8.98. The van der Waals surface area contributed by atoms with Crippen molar-refractivity contribution in [2.24, 2.45) is 22.7 Å². The number of aliphatic hydroxyl groups is 1. The van der Waals surface area contributed by atoms with Crippen LogP contribution in [-0.4, -0.2) is 17.5 Å². The lowest BCUT2D eigenvalue weighted by Crippen LogP contribution is -2.48. The van der Waals surface area contributed by atoms with Crippen molar-refractivity contribution in [2.75, 3.05) is 6.61 Å². The molecule has 0 saturated heterocycles. The number of hydrogen-bond acceptors (Lipinski definition) is 2. The van der Waals surface area contributed by atoms with Gasteiger partial charge in [-0.25, -0.2) is 0 Å². The quantitative estimate of drug-likeness (QED) is 0.585. The Morgan fingerprint density at radius 3 is 2.75 bits per heavy atom. The molecule has 0 aromatic heterocycles. The van der Waals surface area contributed by atoms with Gasteiger partial charge in [-0.15, -0.1) is 0 Å². The van der Waals surface area contributed by atoms with Crippen LogP contribution in [0.3, 0.4) is 0 Å². The molecule has 2 heteroatoms. The molecule has 0 heterocycles. The van der Waals surface area contributed by atoms with Crippen molar-refractivity contribution in [2.45, 2.75) is 72.6 Å². The fourth-order valence-corrected chi connectivity index (χ4v) is 5.23. The molecule has 0 bridgehead atoms. The SMILES string of the molecule is CCCCCC(C)(CO)C12CC[C@H](C)C1[C+](C)CC2=O. The van der Waals surface area contributed by atoms with Crippen LogP contribution in [0, 0.1) is 28.6 Å². The van der Waals surface area contributed by atoms with Crippen LogP contribution in [-0.2, 0) is 4.79 Å². The highest BCUT2D eigenvalue weighted by molar-refractivity contribution is 5.91. The Morgan fingerprint density at radius 2 is 2.15 bits per heavy atom. The average Bonchev–Trinajstić information content (AvgIpc) is 2.89. The highest BCUT2D eigenvalue weighted by atomic mass is 16.3. The third kappa shape index (κ3) is 2.11. The second-order valence-electron chi connectivity index (χ2n) is 7.59. The smallest absolute Gasteiger partial charge is 0.188 e. The standard InChI is InChI=1S/C18H31O2/c1-5-6-7-9-17(4,12-19)18-10-8-13(2)16(18)14(3)11-15(18)20/h13,16,19H,5-12H2,1-4H3/q+1/t13-,16?,17?,18?/m0/s1. The van der Waals surface area contributed by atoms with Gasteiger partial charge in [0.05, 0.1) is 18.3 Å². The second-order valence-corrected chi connectivity index (χ2v) is 7.59. The van der Waals surface area contributed by atoms with Crippen LogP contribution in [0.25, 0.3) is 0 Å². The average molecular weight is 279 g/mol. The number of rotatable bonds is 6. The first kappa shape index (κ1) is 15.9. The van der Waals surface area contributed by atoms with Crippen LogP contribution < -0.4 is 0 Å². The van der Waals surface area contributed by atoms with Crippen LogP contribution in [0.4, 0.5) is 0 Å². The Labute approximate surface area is 124 Å². The predicted octanol–water partition coefficient (Wildman–Crippen LogP) is 4.16. The molecule has 0 amide bonds. The Morgan fingerprint density at radius 1 is 1.45 bits per heavy atom. The van der Waals surface area contributed by atoms with E-state index in [1.165, 1.54) is 18.8 Å². The lowest BCUT2D eigenvalue weighted by Gasteiger charge is -2.43. The van der Waals surface area contributed by atoms with E-state index >= 15 is 0 Å². The molecule has 2 aliphatic rings. The van der Waals surface area contributed by atoms with Gasteiger partial charge in [0, 0.05) is 17.9 Å². The summed E-state index contributed by atoms with van der Waals surface area (Å²) < 4.78 is 0. The molecule has 0 aromatic rings. The van der Waals surface area contributed by atoms with Gasteiger partial charge in [0.2, 0.25) is 0 Å². The van der Waals surface area contributed by atoms with Crippen molar-refractivity contribution in [1.82, 2.24) is 0 Å². The minimum atomic E-state index is -0.265. The van der Waals surface area contributed by atoms with Crippen molar-refractivity contribution in [1.29, 1.82) is 0 Å². The zero-order valence-electron chi connectivity index (χ0n) is 13.7. The number of aliphatic hydroxyl groups excluding tert-OH is 1. The fraction of sp³-hybridized carbons (Fsp3) is 0.889. The van der Waals surface area contributed by atoms with Crippen molar-refractivity contribution >= 4 is 5.78 Å². The summed E-state index contributed by atoms with van der Waals surface area (Å²) in [4.78, 5) is 12.8. The number of ketones is 1. The third-order valence-corrected chi connectivity index (χ3v) is 6.32. The van der Waals surface area contributed by atoms with E-state index in [0.29, 0.717) is 24.0 Å².